The highest BCUT2D eigenvalue weighted by Crippen LogP contribution is 2.33. The predicted molar refractivity (Wildman–Crippen MR) is 84.3 cm³/mol. The van der Waals surface area contributed by atoms with Gasteiger partial charge in [-0.3, -0.25) is 4.68 Å². The Morgan fingerprint density at radius 3 is 2.57 bits per heavy atom. The Kier molecular flexibility index (Phi) is 5.00. The second kappa shape index (κ2) is 6.58. The van der Waals surface area contributed by atoms with Crippen LogP contribution in [0.4, 0.5) is 0 Å². The van der Waals surface area contributed by atoms with Gasteiger partial charge in [-0.25, -0.2) is 0 Å². The lowest BCUT2D eigenvalue weighted by Crippen LogP contribution is -2.39. The van der Waals surface area contributed by atoms with E-state index in [0.29, 0.717) is 22.8 Å². The molecule has 0 spiro atoms. The largest absolute Gasteiger partial charge is 0.377 e. The lowest BCUT2D eigenvalue weighted by atomic mass is 9.90. The summed E-state index contributed by atoms with van der Waals surface area (Å²) < 4.78 is 1.72. The number of likely N-dealkylation sites (N-methyl/N-ethyl adjacent to an activating group) is 1. The Morgan fingerprint density at radius 2 is 2.00 bits per heavy atom. The summed E-state index contributed by atoms with van der Waals surface area (Å²) in [4.78, 5) is 2.05. The van der Waals surface area contributed by atoms with E-state index < -0.39 is 5.60 Å². The number of halogens is 1. The van der Waals surface area contributed by atoms with Crippen LogP contribution in [0.3, 0.4) is 0 Å². The highest BCUT2D eigenvalue weighted by atomic mass is 35.5. The molecule has 0 saturated carbocycles. The van der Waals surface area contributed by atoms with E-state index in [0.717, 1.165) is 6.54 Å². The van der Waals surface area contributed by atoms with Crippen molar-refractivity contribution in [2.75, 3.05) is 27.2 Å². The molecule has 1 aromatic carbocycles. The predicted octanol–water partition coefficient (Wildman–Crippen LogP) is 1.29. The summed E-state index contributed by atoms with van der Waals surface area (Å²) in [6, 6.07) is 9.30. The topological polar surface area (TPSA) is 67.3 Å². The van der Waals surface area contributed by atoms with Crippen molar-refractivity contribution in [2.24, 2.45) is 5.73 Å². The van der Waals surface area contributed by atoms with Gasteiger partial charge in [0, 0.05) is 13.1 Å². The minimum atomic E-state index is -1.35. The molecule has 0 saturated heterocycles. The molecule has 114 valence electrons. The molecule has 6 heteroatoms. The van der Waals surface area contributed by atoms with Crippen LogP contribution in [0, 0.1) is 0 Å². The van der Waals surface area contributed by atoms with Crippen LogP contribution in [-0.4, -0.2) is 47.0 Å². The van der Waals surface area contributed by atoms with Crippen molar-refractivity contribution in [3.05, 3.63) is 52.8 Å². The molecule has 5 nitrogen and oxygen atoms in total. The maximum Gasteiger partial charge on any atom is 0.145 e. The summed E-state index contributed by atoms with van der Waals surface area (Å²) in [5, 5.41) is 15.8. The summed E-state index contributed by atoms with van der Waals surface area (Å²) in [5.41, 5.74) is 5.77. The van der Waals surface area contributed by atoms with Gasteiger partial charge < -0.3 is 15.7 Å². The molecule has 0 radical (unpaired) electrons. The highest BCUT2D eigenvalue weighted by Gasteiger charge is 2.35. The molecule has 1 atom stereocenters. The van der Waals surface area contributed by atoms with Crippen molar-refractivity contribution in [1.29, 1.82) is 0 Å². The molecular weight excluding hydrogens is 288 g/mol. The van der Waals surface area contributed by atoms with E-state index in [9.17, 15) is 5.11 Å². The molecular formula is C15H21ClN4O. The van der Waals surface area contributed by atoms with Gasteiger partial charge >= 0.3 is 0 Å². The summed E-state index contributed by atoms with van der Waals surface area (Å²) in [6.07, 6.45) is 1.55. The van der Waals surface area contributed by atoms with Crippen molar-refractivity contribution in [1.82, 2.24) is 14.7 Å². The second-order valence-corrected chi connectivity index (χ2v) is 5.71. The molecule has 2 rings (SSSR count). The van der Waals surface area contributed by atoms with Gasteiger partial charge in [-0.1, -0.05) is 41.9 Å². The average Bonchev–Trinajstić information content (AvgIpc) is 2.87. The van der Waals surface area contributed by atoms with Crippen LogP contribution in [0.15, 0.2) is 36.5 Å². The van der Waals surface area contributed by atoms with Gasteiger partial charge in [-0.05, 0) is 19.7 Å². The zero-order valence-corrected chi connectivity index (χ0v) is 13.1. The van der Waals surface area contributed by atoms with Crippen molar-refractivity contribution < 1.29 is 5.11 Å². The smallest absolute Gasteiger partial charge is 0.145 e. The molecule has 0 fully saturated rings. The number of rotatable bonds is 6. The normalized spacial score (nSPS) is 14.4. The minimum absolute atomic E-state index is 0.0321. The molecule has 3 N–H and O–H groups in total. The van der Waals surface area contributed by atoms with Crippen LogP contribution in [-0.2, 0) is 12.1 Å². The maximum absolute atomic E-state index is 11.1. The van der Waals surface area contributed by atoms with E-state index in [4.69, 9.17) is 17.3 Å². The molecule has 1 heterocycles. The van der Waals surface area contributed by atoms with Gasteiger partial charge in [0.1, 0.15) is 5.60 Å². The zero-order valence-electron chi connectivity index (χ0n) is 12.3. The summed E-state index contributed by atoms with van der Waals surface area (Å²) in [5.74, 6) is 0. The highest BCUT2D eigenvalue weighted by molar-refractivity contribution is 6.31. The molecule has 21 heavy (non-hydrogen) atoms. The number of benzene rings is 1. The van der Waals surface area contributed by atoms with Crippen molar-refractivity contribution >= 4 is 11.6 Å². The van der Waals surface area contributed by atoms with E-state index in [1.54, 1.807) is 10.9 Å². The number of aromatic nitrogens is 2. The lowest BCUT2D eigenvalue weighted by Gasteiger charge is -2.29. The number of aliphatic hydroxyl groups is 1. The number of nitrogens with zero attached hydrogens (tertiary/aromatic N) is 3. The quantitative estimate of drug-likeness (QED) is 0.844. The van der Waals surface area contributed by atoms with Gasteiger partial charge in [0.25, 0.3) is 0 Å². The van der Waals surface area contributed by atoms with E-state index in [-0.39, 0.29) is 6.54 Å². The Bertz CT molecular complexity index is 585. The summed E-state index contributed by atoms with van der Waals surface area (Å²) >= 11 is 6.26. The molecule has 1 unspecified atom stereocenters. The van der Waals surface area contributed by atoms with Crippen molar-refractivity contribution in [3.63, 3.8) is 0 Å². The molecule has 0 amide bonds. The van der Waals surface area contributed by atoms with Crippen molar-refractivity contribution in [2.45, 2.75) is 12.1 Å². The van der Waals surface area contributed by atoms with Gasteiger partial charge in [0.2, 0.25) is 0 Å². The third-order valence-electron chi connectivity index (χ3n) is 3.49. The van der Waals surface area contributed by atoms with E-state index >= 15 is 0 Å². The van der Waals surface area contributed by atoms with Gasteiger partial charge in [0.05, 0.1) is 23.5 Å². The first-order valence-electron chi connectivity index (χ1n) is 6.83. The first-order valence-corrected chi connectivity index (χ1v) is 7.21. The fraction of sp³-hybridized carbons (Fsp3) is 0.400. The third-order valence-corrected chi connectivity index (χ3v) is 3.77. The zero-order chi connectivity index (χ0) is 15.5. The van der Waals surface area contributed by atoms with E-state index in [1.165, 1.54) is 0 Å². The average molecular weight is 309 g/mol. The van der Waals surface area contributed by atoms with Crippen molar-refractivity contribution in [3.8, 4) is 0 Å². The van der Waals surface area contributed by atoms with Crippen LogP contribution in [0.5, 0.6) is 0 Å². The molecule has 0 aliphatic rings. The number of hydrogen-bond donors (Lipinski definition) is 2. The van der Waals surface area contributed by atoms with Crippen LogP contribution in [0.1, 0.15) is 11.3 Å². The SMILES string of the molecule is CN(C)CCn1ncc(Cl)c1C(O)(CN)c1ccccc1. The monoisotopic (exact) mass is 308 g/mol. The fourth-order valence-electron chi connectivity index (χ4n) is 2.30. The van der Waals surface area contributed by atoms with E-state index in [2.05, 4.69) is 5.10 Å². The van der Waals surface area contributed by atoms with Gasteiger partial charge in [-0.2, -0.15) is 5.10 Å². The Balaban J connectivity index is 2.45. The minimum Gasteiger partial charge on any atom is -0.377 e. The number of hydrogen-bond acceptors (Lipinski definition) is 4. The second-order valence-electron chi connectivity index (χ2n) is 5.30. The molecule has 1 aromatic heterocycles. The Hall–Kier alpha value is -1.40. The first-order chi connectivity index (χ1) is 9.99. The molecule has 0 aliphatic carbocycles. The fourth-order valence-corrected chi connectivity index (χ4v) is 2.60. The maximum atomic E-state index is 11.1. The standard InChI is InChI=1S/C15H21ClN4O/c1-19(2)8-9-20-14(13(16)10-18-20)15(21,11-17)12-6-4-3-5-7-12/h3-7,10,21H,8-9,11,17H2,1-2H3. The Labute approximate surface area is 129 Å². The first kappa shape index (κ1) is 16.0. The summed E-state index contributed by atoms with van der Waals surface area (Å²) in [7, 11) is 3.97. The Morgan fingerprint density at radius 1 is 1.33 bits per heavy atom. The summed E-state index contributed by atoms with van der Waals surface area (Å²) in [6.45, 7) is 1.45. The van der Waals surface area contributed by atoms with Crippen LogP contribution in [0.2, 0.25) is 5.02 Å². The van der Waals surface area contributed by atoms with Crippen LogP contribution < -0.4 is 5.73 Å². The number of nitrogens with two attached hydrogens (primary N) is 1. The third kappa shape index (κ3) is 3.27. The molecule has 0 aliphatic heterocycles. The van der Waals surface area contributed by atoms with Crippen LogP contribution >= 0.6 is 11.6 Å². The molecule has 0 bridgehead atoms. The van der Waals surface area contributed by atoms with Gasteiger partial charge in [0.15, 0.2) is 0 Å². The lowest BCUT2D eigenvalue weighted by molar-refractivity contribution is 0.0794. The molecule has 2 aromatic rings. The van der Waals surface area contributed by atoms with Gasteiger partial charge in [-0.15, -0.1) is 0 Å². The van der Waals surface area contributed by atoms with E-state index in [1.807, 2.05) is 49.3 Å². The van der Waals surface area contributed by atoms with Crippen LogP contribution in [0.25, 0.3) is 0 Å².